The third kappa shape index (κ3) is 6.11. The molecule has 0 N–H and O–H groups in total. The first-order valence-electron chi connectivity index (χ1n) is 13.5. The van der Waals surface area contributed by atoms with Crippen LogP contribution in [-0.4, -0.2) is 51.1 Å². The van der Waals surface area contributed by atoms with Gasteiger partial charge >= 0.3 is 0 Å². The molecule has 3 heterocycles. The number of ether oxygens (including phenoxy) is 2. The predicted octanol–water partition coefficient (Wildman–Crippen LogP) is 6.34. The summed E-state index contributed by atoms with van der Waals surface area (Å²) in [6, 6.07) is 23.9. The Bertz CT molecular complexity index is 1610. The van der Waals surface area contributed by atoms with Crippen molar-refractivity contribution < 1.29 is 18.7 Å². The Morgan fingerprint density at radius 1 is 1.00 bits per heavy atom. The first-order valence-corrected chi connectivity index (χ1v) is 14.3. The van der Waals surface area contributed by atoms with Gasteiger partial charge in [-0.2, -0.15) is 10.1 Å². The maximum Gasteiger partial charge on any atom is 0.286 e. The van der Waals surface area contributed by atoms with Gasteiger partial charge < -0.3 is 14.4 Å². The second kappa shape index (κ2) is 11.7. The van der Waals surface area contributed by atoms with Gasteiger partial charge in [0.15, 0.2) is 5.17 Å². The van der Waals surface area contributed by atoms with E-state index in [1.165, 1.54) is 17.8 Å². The highest BCUT2D eigenvalue weighted by Gasteiger charge is 2.31. The number of rotatable bonds is 6. The Morgan fingerprint density at radius 3 is 2.44 bits per heavy atom. The van der Waals surface area contributed by atoms with E-state index in [9.17, 15) is 9.18 Å². The smallest absolute Gasteiger partial charge is 0.286 e. The van der Waals surface area contributed by atoms with Crippen LogP contribution in [0.15, 0.2) is 95.0 Å². The number of morpholine rings is 1. The van der Waals surface area contributed by atoms with Gasteiger partial charge in [-0.1, -0.05) is 36.4 Å². The molecule has 1 fully saturated rings. The molecule has 2 atom stereocenters. The van der Waals surface area contributed by atoms with Gasteiger partial charge in [0.2, 0.25) is 0 Å². The summed E-state index contributed by atoms with van der Waals surface area (Å²) in [6.45, 7) is 5.58. The van der Waals surface area contributed by atoms with E-state index in [4.69, 9.17) is 14.6 Å². The number of hydrogen-bond donors (Lipinski definition) is 0. The molecule has 208 valence electrons. The number of thioether (sulfide) groups is 1. The minimum Gasteiger partial charge on any atom is -0.489 e. The number of para-hydroxylation sites is 1. The van der Waals surface area contributed by atoms with Gasteiger partial charge in [-0.05, 0) is 74.1 Å². The minimum absolute atomic E-state index is 0.0690. The third-order valence-corrected chi connectivity index (χ3v) is 7.87. The van der Waals surface area contributed by atoms with Gasteiger partial charge in [0.25, 0.3) is 5.91 Å². The summed E-state index contributed by atoms with van der Waals surface area (Å²) in [5, 5.41) is 5.58. The second-order valence-corrected chi connectivity index (χ2v) is 11.1. The van der Waals surface area contributed by atoms with E-state index < -0.39 is 0 Å². The average molecular weight is 569 g/mol. The Kier molecular flexibility index (Phi) is 7.71. The van der Waals surface area contributed by atoms with Crippen molar-refractivity contribution in [1.82, 2.24) is 14.7 Å². The molecule has 2 aliphatic rings. The molecule has 0 aliphatic carbocycles. The van der Waals surface area contributed by atoms with Crippen molar-refractivity contribution in [1.29, 1.82) is 0 Å². The summed E-state index contributed by atoms with van der Waals surface area (Å²) in [7, 11) is 0. The molecule has 1 amide bonds. The van der Waals surface area contributed by atoms with Crippen LogP contribution in [0.1, 0.15) is 25.0 Å². The zero-order valence-corrected chi connectivity index (χ0v) is 23.6. The molecule has 6 rings (SSSR count). The number of amidine groups is 1. The summed E-state index contributed by atoms with van der Waals surface area (Å²) in [5.74, 6) is 0.0670. The number of benzene rings is 3. The van der Waals surface area contributed by atoms with Crippen LogP contribution in [-0.2, 0) is 16.1 Å². The second-order valence-electron chi connectivity index (χ2n) is 10.1. The average Bonchev–Trinajstić information content (AvgIpc) is 3.56. The number of aromatic nitrogens is 2. The molecule has 9 heteroatoms. The topological polar surface area (TPSA) is 69.0 Å². The van der Waals surface area contributed by atoms with Crippen molar-refractivity contribution in [3.63, 3.8) is 0 Å². The Labute approximate surface area is 242 Å². The predicted molar refractivity (Wildman–Crippen MR) is 159 cm³/mol. The molecular formula is C32H29FN4O3S. The van der Waals surface area contributed by atoms with Crippen molar-refractivity contribution >= 4 is 28.9 Å². The van der Waals surface area contributed by atoms with Gasteiger partial charge in [-0.3, -0.25) is 4.79 Å². The molecule has 7 nitrogen and oxygen atoms in total. The highest BCUT2D eigenvalue weighted by Crippen LogP contribution is 2.34. The Hall–Kier alpha value is -4.21. The zero-order chi connectivity index (χ0) is 28.3. The molecule has 0 radical (unpaired) electrons. The molecule has 0 bridgehead atoms. The zero-order valence-electron chi connectivity index (χ0n) is 22.7. The van der Waals surface area contributed by atoms with E-state index in [0.717, 1.165) is 22.5 Å². The van der Waals surface area contributed by atoms with Crippen LogP contribution in [0.25, 0.3) is 23.0 Å². The number of nitrogens with zero attached hydrogens (tertiary/aromatic N) is 4. The highest BCUT2D eigenvalue weighted by molar-refractivity contribution is 8.18. The van der Waals surface area contributed by atoms with Crippen LogP contribution in [0.4, 0.5) is 4.39 Å². The lowest BCUT2D eigenvalue weighted by Gasteiger charge is -2.35. The SMILES string of the molecule is C[C@@H]1CN(C2=NC(=O)/C(=C/c3cn(-c4ccccc4)nc3-c3ccc(OCc4ccccc4F)cc3)S2)C[C@H](C)O1. The summed E-state index contributed by atoms with van der Waals surface area (Å²) < 4.78 is 27.5. The van der Waals surface area contributed by atoms with Crippen LogP contribution in [0.3, 0.4) is 0 Å². The molecule has 0 spiro atoms. The van der Waals surface area contributed by atoms with Crippen LogP contribution in [0.5, 0.6) is 5.75 Å². The summed E-state index contributed by atoms with van der Waals surface area (Å²) in [4.78, 5) is 20.0. The fraction of sp³-hybridized carbons (Fsp3) is 0.219. The maximum absolute atomic E-state index is 14.0. The lowest BCUT2D eigenvalue weighted by molar-refractivity contribution is -0.113. The molecule has 4 aromatic rings. The Balaban J connectivity index is 1.27. The molecule has 1 aromatic heterocycles. The van der Waals surface area contributed by atoms with Crippen LogP contribution >= 0.6 is 11.8 Å². The van der Waals surface area contributed by atoms with E-state index in [0.29, 0.717) is 34.5 Å². The highest BCUT2D eigenvalue weighted by atomic mass is 32.2. The maximum atomic E-state index is 14.0. The Morgan fingerprint density at radius 2 is 1.71 bits per heavy atom. The fourth-order valence-electron chi connectivity index (χ4n) is 4.92. The molecule has 2 aliphatic heterocycles. The van der Waals surface area contributed by atoms with E-state index in [1.807, 2.05) is 85.4 Å². The number of amides is 1. The summed E-state index contributed by atoms with van der Waals surface area (Å²) in [5.41, 5.74) is 3.77. The fourth-order valence-corrected chi connectivity index (χ4v) is 5.85. The number of hydrogen-bond acceptors (Lipinski definition) is 6. The van der Waals surface area contributed by atoms with Crippen LogP contribution in [0.2, 0.25) is 0 Å². The lowest BCUT2D eigenvalue weighted by Crippen LogP contribution is -2.47. The summed E-state index contributed by atoms with van der Waals surface area (Å²) >= 11 is 1.39. The van der Waals surface area contributed by atoms with Crippen molar-refractivity contribution in [3.05, 3.63) is 107 Å². The van der Waals surface area contributed by atoms with Crippen molar-refractivity contribution in [3.8, 4) is 22.7 Å². The van der Waals surface area contributed by atoms with Gasteiger partial charge in [0.1, 0.15) is 18.2 Å². The molecular weight excluding hydrogens is 539 g/mol. The molecule has 0 unspecified atom stereocenters. The molecule has 41 heavy (non-hydrogen) atoms. The van der Waals surface area contributed by atoms with Gasteiger partial charge in [-0.15, -0.1) is 0 Å². The number of aliphatic imine (C=N–C) groups is 1. The lowest BCUT2D eigenvalue weighted by atomic mass is 10.1. The van der Waals surface area contributed by atoms with Gasteiger partial charge in [-0.25, -0.2) is 9.07 Å². The van der Waals surface area contributed by atoms with Crippen molar-refractivity contribution in [2.24, 2.45) is 4.99 Å². The molecule has 0 saturated carbocycles. The first kappa shape index (κ1) is 27.0. The quantitative estimate of drug-likeness (QED) is 0.253. The normalized spacial score (nSPS) is 20.0. The van der Waals surface area contributed by atoms with E-state index in [-0.39, 0.29) is 30.5 Å². The van der Waals surface area contributed by atoms with E-state index in [2.05, 4.69) is 9.89 Å². The monoisotopic (exact) mass is 568 g/mol. The van der Waals surface area contributed by atoms with E-state index >= 15 is 0 Å². The van der Waals surface area contributed by atoms with Crippen molar-refractivity contribution in [2.45, 2.75) is 32.7 Å². The third-order valence-electron chi connectivity index (χ3n) is 6.83. The number of carbonyl (C=O) groups is 1. The molecule has 3 aromatic carbocycles. The first-order chi connectivity index (χ1) is 19.9. The summed E-state index contributed by atoms with van der Waals surface area (Å²) in [6.07, 6.45) is 3.92. The number of carbonyl (C=O) groups excluding carboxylic acids is 1. The van der Waals surface area contributed by atoms with Gasteiger partial charge in [0.05, 0.1) is 28.5 Å². The standard InChI is InChI=1S/C32H29FN4O3S/c1-21-17-36(18-22(2)40-21)32-34-31(38)29(41-32)16-25-19-37(26-9-4-3-5-10-26)35-30(25)23-12-14-27(15-13-23)39-20-24-8-6-7-11-28(24)33/h3-16,19,21-22H,17-18,20H2,1-2H3/b29-16-/t21-,22+. The van der Waals surface area contributed by atoms with Crippen LogP contribution in [0, 0.1) is 5.82 Å². The largest absolute Gasteiger partial charge is 0.489 e. The van der Waals surface area contributed by atoms with Gasteiger partial charge in [0, 0.05) is 36.0 Å². The molecule has 1 saturated heterocycles. The van der Waals surface area contributed by atoms with Crippen LogP contribution < -0.4 is 4.74 Å². The number of halogens is 1. The minimum atomic E-state index is -0.294. The van der Waals surface area contributed by atoms with Crippen molar-refractivity contribution in [2.75, 3.05) is 13.1 Å². The van der Waals surface area contributed by atoms with E-state index in [1.54, 1.807) is 18.2 Å².